The van der Waals surface area contributed by atoms with Crippen molar-refractivity contribution in [1.29, 1.82) is 0 Å². The van der Waals surface area contributed by atoms with Gasteiger partial charge in [-0.15, -0.1) is 0 Å². The Morgan fingerprint density at radius 2 is 0.952 bits per heavy atom. The molecule has 0 spiro atoms. The largest absolute Gasteiger partial charge is 0.379 e. The molecule has 2 atom stereocenters. The molecule has 254 valence electrons. The van der Waals surface area contributed by atoms with Gasteiger partial charge in [-0.1, -0.05) is 155 Å². The Morgan fingerprint density at radius 1 is 0.571 bits per heavy atom. The molecule has 0 aromatic heterocycles. The highest BCUT2D eigenvalue weighted by Gasteiger charge is 2.22. The van der Waals surface area contributed by atoms with E-state index in [1.165, 1.54) is 141 Å². The fourth-order valence-electron chi connectivity index (χ4n) is 5.19. The van der Waals surface area contributed by atoms with Gasteiger partial charge in [0.2, 0.25) is 0 Å². The molecule has 1 N–H and O–H groups in total. The average molecular weight is 620 g/mol. The van der Waals surface area contributed by atoms with Crippen LogP contribution in [0.5, 0.6) is 0 Å². The van der Waals surface area contributed by atoms with Crippen LogP contribution in [0.2, 0.25) is 0 Å². The maximum absolute atomic E-state index is 12.4. The van der Waals surface area contributed by atoms with Gasteiger partial charge in [0.1, 0.15) is 6.10 Å². The molecule has 1 unspecified atom stereocenters. The second kappa shape index (κ2) is 32.4. The van der Waals surface area contributed by atoms with Gasteiger partial charge in [-0.05, 0) is 26.9 Å². The predicted molar refractivity (Wildman–Crippen MR) is 182 cm³/mol. The maximum Gasteiger partial charge on any atom is 0.329 e. The van der Waals surface area contributed by atoms with Crippen LogP contribution < -0.4 is 0 Å². The number of ether oxygens (including phenoxy) is 2. The molecular weight excluding hydrogens is 545 g/mol. The van der Waals surface area contributed by atoms with Crippen molar-refractivity contribution in [3.63, 3.8) is 0 Å². The second-order valence-electron chi connectivity index (χ2n) is 12.8. The molecule has 0 rings (SSSR count). The third kappa shape index (κ3) is 32.9. The Labute approximate surface area is 263 Å². The van der Waals surface area contributed by atoms with E-state index >= 15 is 0 Å². The lowest BCUT2D eigenvalue weighted by Gasteiger charge is -2.21. The molecule has 0 saturated carbocycles. The maximum atomic E-state index is 12.4. The van der Waals surface area contributed by atoms with Crippen LogP contribution in [0.15, 0.2) is 0 Å². The third-order valence-electron chi connectivity index (χ3n) is 8.09. The van der Waals surface area contributed by atoms with E-state index in [1.807, 2.05) is 19.0 Å². The zero-order valence-electron chi connectivity index (χ0n) is 28.8. The monoisotopic (exact) mass is 620 g/mol. The van der Waals surface area contributed by atoms with Gasteiger partial charge in [0.25, 0.3) is 0 Å². The first-order valence-corrected chi connectivity index (χ1v) is 20.0. The summed E-state index contributed by atoms with van der Waals surface area (Å²) in [5.41, 5.74) is 0. The van der Waals surface area contributed by atoms with Crippen molar-refractivity contribution >= 4 is 7.60 Å². The second-order valence-corrected chi connectivity index (χ2v) is 14.8. The van der Waals surface area contributed by atoms with Crippen LogP contribution >= 0.6 is 7.60 Å². The van der Waals surface area contributed by atoms with E-state index in [2.05, 4.69) is 13.8 Å². The molecule has 0 aliphatic rings. The van der Waals surface area contributed by atoms with Crippen LogP contribution in [0.3, 0.4) is 0 Å². The van der Waals surface area contributed by atoms with Crippen molar-refractivity contribution < 1.29 is 23.5 Å². The molecule has 6 nitrogen and oxygen atoms in total. The molecule has 0 heterocycles. The SMILES string of the molecule is CCCCCCCCCCCCCCOC[C@@H](COP(=O)(O)CCN(C)C)OCCCCCCCCCCCCCC. The van der Waals surface area contributed by atoms with Gasteiger partial charge in [-0.3, -0.25) is 4.57 Å². The zero-order valence-corrected chi connectivity index (χ0v) is 29.7. The Hall–Kier alpha value is 0.0300. The molecule has 7 heteroatoms. The van der Waals surface area contributed by atoms with Crippen molar-refractivity contribution in [3.05, 3.63) is 0 Å². The van der Waals surface area contributed by atoms with Gasteiger partial charge in [-0.25, -0.2) is 0 Å². The normalized spacial score (nSPS) is 14.0. The lowest BCUT2D eigenvalue weighted by molar-refractivity contribution is -0.0403. The molecule has 0 amide bonds. The minimum atomic E-state index is -3.62. The molecule has 0 aliphatic heterocycles. The minimum Gasteiger partial charge on any atom is -0.379 e. The van der Waals surface area contributed by atoms with Crippen molar-refractivity contribution in [1.82, 2.24) is 4.90 Å². The van der Waals surface area contributed by atoms with Crippen LogP contribution in [0.25, 0.3) is 0 Å². The highest BCUT2D eigenvalue weighted by atomic mass is 31.2. The molecule has 0 aliphatic carbocycles. The van der Waals surface area contributed by atoms with E-state index in [9.17, 15) is 9.46 Å². The smallest absolute Gasteiger partial charge is 0.329 e. The van der Waals surface area contributed by atoms with Crippen molar-refractivity contribution in [2.75, 3.05) is 53.2 Å². The number of hydrogen-bond acceptors (Lipinski definition) is 5. The minimum absolute atomic E-state index is 0.109. The Morgan fingerprint density at radius 3 is 1.36 bits per heavy atom. The Kier molecular flexibility index (Phi) is 32.4. The summed E-state index contributed by atoms with van der Waals surface area (Å²) in [5, 5.41) is 0. The standard InChI is InChI=1S/C35H74NO5P/c1-5-7-9-11-13-15-17-19-21-23-25-27-30-39-33-35(34-41-42(37,38)32-29-36(3)4)40-31-28-26-24-22-20-18-16-14-12-10-8-6-2/h35H,5-34H2,1-4H3,(H,37,38)/t35-/m0/s1. The first kappa shape index (κ1) is 42.0. The van der Waals surface area contributed by atoms with Crippen LogP contribution in [0, 0.1) is 0 Å². The first-order valence-electron chi connectivity index (χ1n) is 18.2. The summed E-state index contributed by atoms with van der Waals surface area (Å²) in [6.45, 7) is 6.97. The molecular formula is C35H74NO5P. The number of nitrogens with zero attached hydrogens (tertiary/aromatic N) is 1. The molecule has 0 aromatic rings. The fourth-order valence-corrected chi connectivity index (χ4v) is 6.37. The van der Waals surface area contributed by atoms with Gasteiger partial charge in [0.05, 0.1) is 19.4 Å². The topological polar surface area (TPSA) is 68.2 Å². The summed E-state index contributed by atoms with van der Waals surface area (Å²) in [7, 11) is 0.163. The van der Waals surface area contributed by atoms with Crippen LogP contribution in [0.1, 0.15) is 168 Å². The molecule has 0 radical (unpaired) electrons. The predicted octanol–water partition coefficient (Wildman–Crippen LogP) is 10.6. The third-order valence-corrected chi connectivity index (χ3v) is 9.41. The van der Waals surface area contributed by atoms with E-state index in [4.69, 9.17) is 14.0 Å². The van der Waals surface area contributed by atoms with Gasteiger partial charge in [-0.2, -0.15) is 0 Å². The molecule has 0 aromatic carbocycles. The number of hydrogen-bond donors (Lipinski definition) is 1. The van der Waals surface area contributed by atoms with Gasteiger partial charge >= 0.3 is 7.60 Å². The summed E-state index contributed by atoms with van der Waals surface area (Å²) in [5.74, 6) is 0. The quantitative estimate of drug-likeness (QED) is 0.0562. The highest BCUT2D eigenvalue weighted by molar-refractivity contribution is 7.52. The van der Waals surface area contributed by atoms with Gasteiger partial charge in [0.15, 0.2) is 0 Å². The average Bonchev–Trinajstić information content (AvgIpc) is 2.97. The van der Waals surface area contributed by atoms with E-state index in [-0.39, 0.29) is 18.9 Å². The molecule has 42 heavy (non-hydrogen) atoms. The van der Waals surface area contributed by atoms with E-state index in [1.54, 1.807) is 0 Å². The lowest BCUT2D eigenvalue weighted by atomic mass is 10.1. The van der Waals surface area contributed by atoms with E-state index in [0.717, 1.165) is 12.8 Å². The fraction of sp³-hybridized carbons (Fsp3) is 1.00. The van der Waals surface area contributed by atoms with Crippen LogP contribution in [-0.4, -0.2) is 69.1 Å². The van der Waals surface area contributed by atoms with Gasteiger partial charge in [0, 0.05) is 19.8 Å². The lowest BCUT2D eigenvalue weighted by Crippen LogP contribution is -2.27. The summed E-state index contributed by atoms with van der Waals surface area (Å²) in [6, 6.07) is 0. The number of rotatable bonds is 35. The van der Waals surface area contributed by atoms with E-state index in [0.29, 0.717) is 26.4 Å². The van der Waals surface area contributed by atoms with Crippen molar-refractivity contribution in [2.24, 2.45) is 0 Å². The summed E-state index contributed by atoms with van der Waals surface area (Å²) >= 11 is 0. The summed E-state index contributed by atoms with van der Waals surface area (Å²) in [4.78, 5) is 12.1. The van der Waals surface area contributed by atoms with Crippen molar-refractivity contribution in [2.45, 2.75) is 174 Å². The van der Waals surface area contributed by atoms with E-state index < -0.39 is 7.60 Å². The van der Waals surface area contributed by atoms with Crippen molar-refractivity contribution in [3.8, 4) is 0 Å². The zero-order chi connectivity index (χ0) is 31.0. The van der Waals surface area contributed by atoms with Crippen LogP contribution in [0.4, 0.5) is 0 Å². The van der Waals surface area contributed by atoms with Gasteiger partial charge < -0.3 is 23.8 Å². The summed E-state index contributed by atoms with van der Waals surface area (Å²) in [6.07, 6.45) is 31.5. The molecule has 0 saturated heterocycles. The molecule has 0 bridgehead atoms. The molecule has 0 fully saturated rings. The van der Waals surface area contributed by atoms with Crippen LogP contribution in [-0.2, 0) is 18.6 Å². The Bertz CT molecular complexity index is 578. The Balaban J connectivity index is 4.01. The first-order chi connectivity index (χ1) is 20.4. The number of unbranched alkanes of at least 4 members (excludes halogenated alkanes) is 22. The highest BCUT2D eigenvalue weighted by Crippen LogP contribution is 2.41. The summed E-state index contributed by atoms with van der Waals surface area (Å²) < 4.78 is 29.9.